The number of hydrogen-bond acceptors (Lipinski definition) is 4. The summed E-state index contributed by atoms with van der Waals surface area (Å²) in [5.74, 6) is 1.77. The Kier molecular flexibility index (Phi) is 5.80. The van der Waals surface area contributed by atoms with E-state index in [2.05, 4.69) is 42.3 Å². The van der Waals surface area contributed by atoms with Crippen LogP contribution in [0.25, 0.3) is 0 Å². The molecule has 1 fully saturated rings. The molecule has 1 saturated heterocycles. The van der Waals surface area contributed by atoms with Gasteiger partial charge in [-0.25, -0.2) is 4.98 Å². The second-order valence-corrected chi connectivity index (χ2v) is 5.93. The third kappa shape index (κ3) is 4.46. The van der Waals surface area contributed by atoms with Gasteiger partial charge in [-0.2, -0.15) is 0 Å². The Morgan fingerprint density at radius 3 is 2.75 bits per heavy atom. The van der Waals surface area contributed by atoms with E-state index < -0.39 is 0 Å². The highest BCUT2D eigenvalue weighted by Crippen LogP contribution is 2.19. The third-order valence-corrected chi connectivity index (χ3v) is 3.75. The second kappa shape index (κ2) is 7.60. The summed E-state index contributed by atoms with van der Waals surface area (Å²) < 4.78 is 5.42. The normalized spacial score (nSPS) is 16.9. The van der Waals surface area contributed by atoms with Gasteiger partial charge >= 0.3 is 0 Å². The molecule has 2 rings (SSSR count). The summed E-state index contributed by atoms with van der Waals surface area (Å²) in [4.78, 5) is 7.13. The molecule has 0 atom stereocenters. The highest BCUT2D eigenvalue weighted by atomic mass is 16.5. The summed E-state index contributed by atoms with van der Waals surface area (Å²) in [6, 6.07) is 6.31. The van der Waals surface area contributed by atoms with Gasteiger partial charge in [0.25, 0.3) is 0 Å². The predicted molar refractivity (Wildman–Crippen MR) is 83.0 cm³/mol. The van der Waals surface area contributed by atoms with Gasteiger partial charge in [0.05, 0.1) is 11.8 Å². The van der Waals surface area contributed by atoms with Gasteiger partial charge in [0.15, 0.2) is 0 Å². The molecule has 112 valence electrons. The monoisotopic (exact) mass is 277 g/mol. The first-order chi connectivity index (χ1) is 9.69. The Hall–Kier alpha value is -1.13. The van der Waals surface area contributed by atoms with E-state index >= 15 is 0 Å². The molecule has 0 bridgehead atoms. The largest absolute Gasteiger partial charge is 0.381 e. The lowest BCUT2D eigenvalue weighted by molar-refractivity contribution is 0.0818. The Morgan fingerprint density at radius 1 is 1.35 bits per heavy atom. The van der Waals surface area contributed by atoms with E-state index in [-0.39, 0.29) is 0 Å². The van der Waals surface area contributed by atoms with Crippen LogP contribution < -0.4 is 10.2 Å². The van der Waals surface area contributed by atoms with E-state index in [0.717, 1.165) is 50.5 Å². The van der Waals surface area contributed by atoms with Gasteiger partial charge in [0.2, 0.25) is 0 Å². The van der Waals surface area contributed by atoms with Crippen LogP contribution in [0.1, 0.15) is 32.4 Å². The molecule has 0 unspecified atom stereocenters. The zero-order valence-corrected chi connectivity index (χ0v) is 12.9. The number of hydrogen-bond donors (Lipinski definition) is 1. The van der Waals surface area contributed by atoms with Crippen molar-refractivity contribution >= 4 is 5.82 Å². The molecule has 1 aromatic rings. The van der Waals surface area contributed by atoms with E-state index in [1.165, 1.54) is 0 Å². The fourth-order valence-electron chi connectivity index (χ4n) is 2.55. The van der Waals surface area contributed by atoms with Crippen molar-refractivity contribution in [3.63, 3.8) is 0 Å². The topological polar surface area (TPSA) is 37.4 Å². The SMILES string of the molecule is COC1CCN(c2cccc(CNCC(C)C)n2)CC1. The van der Waals surface area contributed by atoms with Crippen LogP contribution in [0.15, 0.2) is 18.2 Å². The van der Waals surface area contributed by atoms with Gasteiger partial charge in [-0.05, 0) is 37.4 Å². The average molecular weight is 277 g/mol. The van der Waals surface area contributed by atoms with Crippen molar-refractivity contribution in [1.82, 2.24) is 10.3 Å². The van der Waals surface area contributed by atoms with Gasteiger partial charge in [-0.3, -0.25) is 0 Å². The van der Waals surface area contributed by atoms with Crippen LogP contribution in [-0.2, 0) is 11.3 Å². The maximum atomic E-state index is 5.42. The number of nitrogens with one attached hydrogen (secondary N) is 1. The molecule has 0 aromatic carbocycles. The van der Waals surface area contributed by atoms with Gasteiger partial charge < -0.3 is 15.0 Å². The Morgan fingerprint density at radius 2 is 2.10 bits per heavy atom. The smallest absolute Gasteiger partial charge is 0.128 e. The fraction of sp³-hybridized carbons (Fsp3) is 0.688. The van der Waals surface area contributed by atoms with Crippen LogP contribution in [0.5, 0.6) is 0 Å². The van der Waals surface area contributed by atoms with Crippen LogP contribution in [0.4, 0.5) is 5.82 Å². The number of aromatic nitrogens is 1. The van der Waals surface area contributed by atoms with E-state index in [4.69, 9.17) is 9.72 Å². The van der Waals surface area contributed by atoms with Crippen molar-refractivity contribution in [3.05, 3.63) is 23.9 Å². The maximum Gasteiger partial charge on any atom is 0.128 e. The molecule has 1 aromatic heterocycles. The van der Waals surface area contributed by atoms with Crippen molar-refractivity contribution in [3.8, 4) is 0 Å². The first-order valence-corrected chi connectivity index (χ1v) is 7.63. The van der Waals surface area contributed by atoms with Crippen molar-refractivity contribution in [1.29, 1.82) is 0 Å². The van der Waals surface area contributed by atoms with E-state index in [1.54, 1.807) is 7.11 Å². The van der Waals surface area contributed by atoms with E-state index in [0.29, 0.717) is 12.0 Å². The van der Waals surface area contributed by atoms with Crippen molar-refractivity contribution in [2.24, 2.45) is 5.92 Å². The maximum absolute atomic E-state index is 5.42. The molecule has 1 N–H and O–H groups in total. The average Bonchev–Trinajstić information content (AvgIpc) is 2.47. The summed E-state index contributed by atoms with van der Waals surface area (Å²) in [6.45, 7) is 8.39. The molecule has 0 spiro atoms. The zero-order chi connectivity index (χ0) is 14.4. The van der Waals surface area contributed by atoms with Crippen LogP contribution in [0.3, 0.4) is 0 Å². The minimum atomic E-state index is 0.419. The van der Waals surface area contributed by atoms with Crippen LogP contribution in [0, 0.1) is 5.92 Å². The number of pyridine rings is 1. The molecule has 1 aliphatic rings. The molecular formula is C16H27N3O. The van der Waals surface area contributed by atoms with Crippen molar-refractivity contribution in [2.45, 2.75) is 39.3 Å². The second-order valence-electron chi connectivity index (χ2n) is 5.93. The Bertz CT molecular complexity index is 400. The van der Waals surface area contributed by atoms with Gasteiger partial charge in [0, 0.05) is 26.7 Å². The molecular weight excluding hydrogens is 250 g/mol. The van der Waals surface area contributed by atoms with Crippen LogP contribution in [-0.4, -0.2) is 37.8 Å². The molecule has 1 aliphatic heterocycles. The van der Waals surface area contributed by atoms with Gasteiger partial charge in [-0.1, -0.05) is 19.9 Å². The summed E-state index contributed by atoms with van der Waals surface area (Å²) in [7, 11) is 1.81. The van der Waals surface area contributed by atoms with E-state index in [1.807, 2.05) is 0 Å². The molecule has 0 aliphatic carbocycles. The highest BCUT2D eigenvalue weighted by molar-refractivity contribution is 5.39. The predicted octanol–water partition coefficient (Wildman–Crippen LogP) is 2.44. The number of ether oxygens (including phenoxy) is 1. The molecule has 4 heteroatoms. The lowest BCUT2D eigenvalue weighted by atomic mass is 10.1. The third-order valence-electron chi connectivity index (χ3n) is 3.75. The van der Waals surface area contributed by atoms with E-state index in [9.17, 15) is 0 Å². The number of rotatable bonds is 6. The van der Waals surface area contributed by atoms with Crippen molar-refractivity contribution < 1.29 is 4.74 Å². The fourth-order valence-corrected chi connectivity index (χ4v) is 2.55. The summed E-state index contributed by atoms with van der Waals surface area (Å²) >= 11 is 0. The van der Waals surface area contributed by atoms with Crippen LogP contribution >= 0.6 is 0 Å². The highest BCUT2D eigenvalue weighted by Gasteiger charge is 2.19. The summed E-state index contributed by atoms with van der Waals surface area (Å²) in [5.41, 5.74) is 1.12. The molecule has 0 amide bonds. The minimum Gasteiger partial charge on any atom is -0.381 e. The Balaban J connectivity index is 1.89. The number of nitrogens with zero attached hydrogens (tertiary/aromatic N) is 2. The number of anilines is 1. The first-order valence-electron chi connectivity index (χ1n) is 7.63. The Labute approximate surface area is 122 Å². The lowest BCUT2D eigenvalue weighted by Crippen LogP contribution is -2.37. The van der Waals surface area contributed by atoms with Gasteiger partial charge in [-0.15, -0.1) is 0 Å². The standard InChI is InChI=1S/C16H27N3O/c1-13(2)11-17-12-14-5-4-6-16(18-14)19-9-7-15(20-3)8-10-19/h4-6,13,15,17H,7-12H2,1-3H3. The number of methoxy groups -OCH3 is 1. The molecule has 2 heterocycles. The zero-order valence-electron chi connectivity index (χ0n) is 12.9. The first kappa shape index (κ1) is 15.3. The van der Waals surface area contributed by atoms with Gasteiger partial charge in [0.1, 0.15) is 5.82 Å². The lowest BCUT2D eigenvalue weighted by Gasteiger charge is -2.32. The molecule has 20 heavy (non-hydrogen) atoms. The molecule has 0 radical (unpaired) electrons. The molecule has 4 nitrogen and oxygen atoms in total. The minimum absolute atomic E-state index is 0.419. The molecule has 0 saturated carbocycles. The summed E-state index contributed by atoms with van der Waals surface area (Å²) in [5, 5.41) is 3.45. The van der Waals surface area contributed by atoms with Crippen LogP contribution in [0.2, 0.25) is 0 Å². The summed E-state index contributed by atoms with van der Waals surface area (Å²) in [6.07, 6.45) is 2.60. The number of piperidine rings is 1. The van der Waals surface area contributed by atoms with Crippen molar-refractivity contribution in [2.75, 3.05) is 31.6 Å². The quantitative estimate of drug-likeness (QED) is 0.866.